The summed E-state index contributed by atoms with van der Waals surface area (Å²) in [4.78, 5) is 0. The van der Waals surface area contributed by atoms with Gasteiger partial charge >= 0.3 is 7.12 Å². The molecule has 2 aromatic rings. The number of ether oxygens (including phenoxy) is 1. The third kappa shape index (κ3) is 3.31. The van der Waals surface area contributed by atoms with Crippen LogP contribution in [0.15, 0.2) is 36.4 Å². The first-order chi connectivity index (χ1) is 9.47. The lowest BCUT2D eigenvalue weighted by atomic mass is 9.79. The van der Waals surface area contributed by atoms with Crippen molar-refractivity contribution in [3.05, 3.63) is 59.4 Å². The lowest BCUT2D eigenvalue weighted by Crippen LogP contribution is -2.33. The summed E-state index contributed by atoms with van der Waals surface area (Å²) in [5.74, 6) is -2.66. The van der Waals surface area contributed by atoms with E-state index in [9.17, 15) is 13.2 Å². The molecule has 0 spiro atoms. The standard InChI is InChI=1S/C13H10BF3O3/c15-11-3-1-8(5-10(11)14(18)19)7-20-9-2-4-12(16)13(17)6-9/h1-6,18-19H,7H2. The van der Waals surface area contributed by atoms with Crippen LogP contribution in [0.4, 0.5) is 13.2 Å². The lowest BCUT2D eigenvalue weighted by Gasteiger charge is -2.09. The highest BCUT2D eigenvalue weighted by Crippen LogP contribution is 2.16. The zero-order valence-electron chi connectivity index (χ0n) is 10.2. The number of hydrogen-bond donors (Lipinski definition) is 2. The third-order valence-electron chi connectivity index (χ3n) is 2.64. The molecule has 0 atom stereocenters. The molecule has 0 radical (unpaired) electrons. The average molecular weight is 282 g/mol. The van der Waals surface area contributed by atoms with Crippen LogP contribution in [0, 0.1) is 17.5 Å². The molecule has 0 bridgehead atoms. The van der Waals surface area contributed by atoms with Gasteiger partial charge in [0.1, 0.15) is 18.2 Å². The fourth-order valence-corrected chi connectivity index (χ4v) is 1.61. The molecule has 2 rings (SSSR count). The highest BCUT2D eigenvalue weighted by molar-refractivity contribution is 6.58. The molecule has 0 heterocycles. The van der Waals surface area contributed by atoms with Crippen LogP contribution in [0.3, 0.4) is 0 Å². The van der Waals surface area contributed by atoms with E-state index in [0.717, 1.165) is 18.2 Å². The SMILES string of the molecule is OB(O)c1cc(COc2ccc(F)c(F)c2)ccc1F. The van der Waals surface area contributed by atoms with Gasteiger partial charge in [-0.25, -0.2) is 13.2 Å². The molecule has 7 heteroatoms. The summed E-state index contributed by atoms with van der Waals surface area (Å²) in [6, 6.07) is 6.75. The minimum absolute atomic E-state index is 0.0505. The Morgan fingerprint density at radius 1 is 0.900 bits per heavy atom. The Balaban J connectivity index is 2.10. The Morgan fingerprint density at radius 3 is 2.25 bits per heavy atom. The summed E-state index contributed by atoms with van der Waals surface area (Å²) in [5.41, 5.74) is 0.176. The summed E-state index contributed by atoms with van der Waals surface area (Å²) in [6.07, 6.45) is 0. The first-order valence-electron chi connectivity index (χ1n) is 5.69. The maximum Gasteiger partial charge on any atom is 0.491 e. The molecule has 2 aromatic carbocycles. The summed E-state index contributed by atoms with van der Waals surface area (Å²) in [7, 11) is -1.93. The Hall–Kier alpha value is -1.99. The van der Waals surface area contributed by atoms with E-state index < -0.39 is 24.6 Å². The Bertz CT molecular complexity index is 620. The molecule has 0 amide bonds. The minimum Gasteiger partial charge on any atom is -0.489 e. The van der Waals surface area contributed by atoms with E-state index in [1.54, 1.807) is 0 Å². The van der Waals surface area contributed by atoms with Crippen molar-refractivity contribution in [1.29, 1.82) is 0 Å². The molecule has 0 saturated heterocycles. The summed E-state index contributed by atoms with van der Waals surface area (Å²) in [5, 5.41) is 17.9. The molecule has 104 valence electrons. The largest absolute Gasteiger partial charge is 0.491 e. The van der Waals surface area contributed by atoms with Gasteiger partial charge in [0.25, 0.3) is 0 Å². The lowest BCUT2D eigenvalue weighted by molar-refractivity contribution is 0.303. The van der Waals surface area contributed by atoms with Gasteiger partial charge in [0.05, 0.1) is 0 Å². The molecule has 0 fully saturated rings. The Labute approximate surface area is 113 Å². The quantitative estimate of drug-likeness (QED) is 0.832. The van der Waals surface area contributed by atoms with Gasteiger partial charge in [0.2, 0.25) is 0 Å². The third-order valence-corrected chi connectivity index (χ3v) is 2.64. The van der Waals surface area contributed by atoms with Gasteiger partial charge in [0.15, 0.2) is 11.6 Å². The van der Waals surface area contributed by atoms with Crippen LogP contribution in [0.25, 0.3) is 0 Å². The van der Waals surface area contributed by atoms with Crippen molar-refractivity contribution in [3.8, 4) is 5.75 Å². The molecule has 0 unspecified atom stereocenters. The normalized spacial score (nSPS) is 10.4. The Morgan fingerprint density at radius 2 is 1.60 bits per heavy atom. The van der Waals surface area contributed by atoms with Gasteiger partial charge in [-0.05, 0) is 23.8 Å². The van der Waals surface area contributed by atoms with Crippen molar-refractivity contribution in [3.63, 3.8) is 0 Å². The summed E-state index contributed by atoms with van der Waals surface area (Å²) in [6.45, 7) is -0.0505. The van der Waals surface area contributed by atoms with Crippen molar-refractivity contribution in [2.24, 2.45) is 0 Å². The van der Waals surface area contributed by atoms with Gasteiger partial charge in [0, 0.05) is 11.5 Å². The first kappa shape index (κ1) is 14.4. The predicted molar refractivity (Wildman–Crippen MR) is 66.9 cm³/mol. The van der Waals surface area contributed by atoms with Crippen molar-refractivity contribution < 1.29 is 28.0 Å². The minimum atomic E-state index is -1.93. The highest BCUT2D eigenvalue weighted by atomic mass is 19.2. The molecule has 0 aliphatic heterocycles. The fourth-order valence-electron chi connectivity index (χ4n) is 1.61. The monoisotopic (exact) mass is 282 g/mol. The van der Waals surface area contributed by atoms with Gasteiger partial charge in [-0.15, -0.1) is 0 Å². The second-order valence-electron chi connectivity index (χ2n) is 4.09. The van der Waals surface area contributed by atoms with Crippen LogP contribution in [0.2, 0.25) is 0 Å². The van der Waals surface area contributed by atoms with Crippen LogP contribution in [0.1, 0.15) is 5.56 Å². The summed E-state index contributed by atoms with van der Waals surface area (Å²) < 4.78 is 44.1. The van der Waals surface area contributed by atoms with E-state index in [1.165, 1.54) is 18.2 Å². The summed E-state index contributed by atoms with van der Waals surface area (Å²) >= 11 is 0. The van der Waals surface area contributed by atoms with E-state index in [1.807, 2.05) is 0 Å². The Kier molecular flexibility index (Phi) is 4.31. The average Bonchev–Trinajstić information content (AvgIpc) is 2.41. The van der Waals surface area contributed by atoms with Crippen LogP contribution < -0.4 is 10.2 Å². The number of rotatable bonds is 4. The zero-order chi connectivity index (χ0) is 14.7. The second-order valence-corrected chi connectivity index (χ2v) is 4.09. The molecule has 0 aliphatic carbocycles. The number of benzene rings is 2. The number of hydrogen-bond acceptors (Lipinski definition) is 3. The molecule has 20 heavy (non-hydrogen) atoms. The molecule has 3 nitrogen and oxygen atoms in total. The van der Waals surface area contributed by atoms with Crippen molar-refractivity contribution in [2.75, 3.05) is 0 Å². The first-order valence-corrected chi connectivity index (χ1v) is 5.69. The number of halogens is 3. The predicted octanol–water partition coefficient (Wildman–Crippen LogP) is 1.36. The maximum absolute atomic E-state index is 13.2. The zero-order valence-corrected chi connectivity index (χ0v) is 10.2. The van der Waals surface area contributed by atoms with E-state index in [-0.39, 0.29) is 17.8 Å². The smallest absolute Gasteiger partial charge is 0.489 e. The molecule has 0 aromatic heterocycles. The van der Waals surface area contributed by atoms with E-state index in [2.05, 4.69) is 0 Å². The highest BCUT2D eigenvalue weighted by Gasteiger charge is 2.16. The van der Waals surface area contributed by atoms with E-state index in [4.69, 9.17) is 14.8 Å². The van der Waals surface area contributed by atoms with Crippen LogP contribution in [-0.2, 0) is 6.61 Å². The molecule has 2 N–H and O–H groups in total. The second kappa shape index (κ2) is 5.98. The van der Waals surface area contributed by atoms with Crippen LogP contribution in [0.5, 0.6) is 5.75 Å². The van der Waals surface area contributed by atoms with E-state index in [0.29, 0.717) is 5.56 Å². The van der Waals surface area contributed by atoms with Gasteiger partial charge < -0.3 is 14.8 Å². The molecule has 0 aliphatic rings. The van der Waals surface area contributed by atoms with Crippen LogP contribution >= 0.6 is 0 Å². The topological polar surface area (TPSA) is 49.7 Å². The van der Waals surface area contributed by atoms with Gasteiger partial charge in [-0.1, -0.05) is 12.1 Å². The van der Waals surface area contributed by atoms with Crippen molar-refractivity contribution in [1.82, 2.24) is 0 Å². The van der Waals surface area contributed by atoms with E-state index >= 15 is 0 Å². The van der Waals surface area contributed by atoms with Crippen molar-refractivity contribution in [2.45, 2.75) is 6.61 Å². The molecule has 0 saturated carbocycles. The van der Waals surface area contributed by atoms with Gasteiger partial charge in [-0.3, -0.25) is 0 Å². The fraction of sp³-hybridized carbons (Fsp3) is 0.0769. The van der Waals surface area contributed by atoms with Crippen LogP contribution in [-0.4, -0.2) is 17.2 Å². The molecular formula is C13H10BF3O3. The maximum atomic E-state index is 13.2. The molecular weight excluding hydrogens is 272 g/mol. The van der Waals surface area contributed by atoms with Crippen molar-refractivity contribution >= 4 is 12.6 Å². The van der Waals surface area contributed by atoms with Gasteiger partial charge in [-0.2, -0.15) is 0 Å².